The number of nitrogens with one attached hydrogen (secondary N) is 1. The molecule has 2 atom stereocenters. The molecule has 1 saturated heterocycles. The number of piperazine rings is 1. The van der Waals surface area contributed by atoms with E-state index in [2.05, 4.69) is 17.1 Å². The molecule has 1 heterocycles. The van der Waals surface area contributed by atoms with Crippen molar-refractivity contribution in [2.24, 2.45) is 0 Å². The summed E-state index contributed by atoms with van der Waals surface area (Å²) in [7, 11) is 0. The Morgan fingerprint density at radius 2 is 2.06 bits per heavy atom. The molecular formula is C14H20N2O2. The number of carbonyl (C=O) groups is 1. The lowest BCUT2D eigenvalue weighted by Crippen LogP contribution is -2.60. The minimum atomic E-state index is -0.276. The van der Waals surface area contributed by atoms with Crippen LogP contribution in [0.1, 0.15) is 18.9 Å². The third-order valence-corrected chi connectivity index (χ3v) is 3.42. The molecule has 4 heteroatoms. The van der Waals surface area contributed by atoms with Gasteiger partial charge in [0.05, 0.1) is 0 Å². The molecule has 98 valence electrons. The zero-order valence-corrected chi connectivity index (χ0v) is 10.9. The summed E-state index contributed by atoms with van der Waals surface area (Å²) in [5.41, 5.74) is 2.24. The lowest BCUT2D eigenvalue weighted by atomic mass is 10.0. The molecule has 2 unspecified atom stereocenters. The van der Waals surface area contributed by atoms with E-state index in [4.69, 9.17) is 5.11 Å². The number of hydrogen-bond donors (Lipinski definition) is 2. The smallest absolute Gasteiger partial charge is 0.242 e. The van der Waals surface area contributed by atoms with E-state index in [9.17, 15) is 4.79 Å². The largest absolute Gasteiger partial charge is 0.396 e. The van der Waals surface area contributed by atoms with Gasteiger partial charge in [0.25, 0.3) is 0 Å². The summed E-state index contributed by atoms with van der Waals surface area (Å²) in [5.74, 6) is 0.00252. The number of aliphatic hydroxyl groups is 1. The van der Waals surface area contributed by atoms with Gasteiger partial charge in [0.2, 0.25) is 5.91 Å². The zero-order valence-electron chi connectivity index (χ0n) is 10.9. The molecule has 1 aliphatic rings. The van der Waals surface area contributed by atoms with E-state index >= 15 is 0 Å². The van der Waals surface area contributed by atoms with Gasteiger partial charge in [-0.1, -0.05) is 17.7 Å². The average molecular weight is 248 g/mol. The molecule has 1 aliphatic heterocycles. The van der Waals surface area contributed by atoms with E-state index < -0.39 is 0 Å². The number of aryl methyl sites for hydroxylation is 1. The molecule has 0 aliphatic carbocycles. The molecule has 0 bridgehead atoms. The molecule has 1 amide bonds. The Balaban J connectivity index is 2.30. The van der Waals surface area contributed by atoms with Gasteiger partial charge in [-0.15, -0.1) is 0 Å². The maximum absolute atomic E-state index is 11.9. The van der Waals surface area contributed by atoms with Crippen LogP contribution in [0.4, 0.5) is 5.69 Å². The second kappa shape index (κ2) is 5.40. The number of anilines is 1. The number of hydrogen-bond acceptors (Lipinski definition) is 3. The Kier molecular flexibility index (Phi) is 3.87. The summed E-state index contributed by atoms with van der Waals surface area (Å²) in [6.07, 6.45) is 0.462. The predicted molar refractivity (Wildman–Crippen MR) is 71.6 cm³/mol. The second-order valence-corrected chi connectivity index (χ2v) is 4.87. The summed E-state index contributed by atoms with van der Waals surface area (Å²) in [6.45, 7) is 4.80. The summed E-state index contributed by atoms with van der Waals surface area (Å²) in [5, 5.41) is 12.0. The fraction of sp³-hybridized carbons (Fsp3) is 0.500. The lowest BCUT2D eigenvalue weighted by molar-refractivity contribution is -0.124. The van der Waals surface area contributed by atoms with Crippen LogP contribution < -0.4 is 10.2 Å². The van der Waals surface area contributed by atoms with Crippen molar-refractivity contribution < 1.29 is 9.90 Å². The Bertz CT molecular complexity index is 416. The van der Waals surface area contributed by atoms with Crippen LogP contribution in [-0.2, 0) is 4.79 Å². The van der Waals surface area contributed by atoms with E-state index in [0.29, 0.717) is 13.0 Å². The zero-order chi connectivity index (χ0) is 13.1. The van der Waals surface area contributed by atoms with Gasteiger partial charge in [-0.2, -0.15) is 0 Å². The van der Waals surface area contributed by atoms with Crippen molar-refractivity contribution in [2.75, 3.05) is 18.1 Å². The maximum Gasteiger partial charge on any atom is 0.242 e. The number of carbonyl (C=O) groups excluding carboxylic acids is 1. The molecule has 2 rings (SSSR count). The molecule has 2 N–H and O–H groups in total. The van der Waals surface area contributed by atoms with Gasteiger partial charge in [0.1, 0.15) is 6.04 Å². The Morgan fingerprint density at radius 1 is 1.39 bits per heavy atom. The van der Waals surface area contributed by atoms with Crippen molar-refractivity contribution in [3.63, 3.8) is 0 Å². The summed E-state index contributed by atoms with van der Waals surface area (Å²) in [6, 6.07) is 8.13. The van der Waals surface area contributed by atoms with Crippen LogP contribution in [0.25, 0.3) is 0 Å². The molecule has 0 saturated carbocycles. The van der Waals surface area contributed by atoms with Gasteiger partial charge in [-0.05, 0) is 32.4 Å². The van der Waals surface area contributed by atoms with Gasteiger partial charge in [-0.25, -0.2) is 0 Å². The van der Waals surface area contributed by atoms with Crippen molar-refractivity contribution >= 4 is 11.6 Å². The molecule has 0 spiro atoms. The Morgan fingerprint density at radius 3 is 2.67 bits per heavy atom. The Labute approximate surface area is 108 Å². The molecule has 0 aromatic heterocycles. The highest BCUT2D eigenvalue weighted by atomic mass is 16.3. The minimum Gasteiger partial charge on any atom is -0.396 e. The van der Waals surface area contributed by atoms with Crippen LogP contribution in [0, 0.1) is 6.92 Å². The van der Waals surface area contributed by atoms with E-state index in [1.807, 2.05) is 31.2 Å². The highest BCUT2D eigenvalue weighted by Crippen LogP contribution is 2.24. The van der Waals surface area contributed by atoms with Crippen LogP contribution in [0.15, 0.2) is 24.3 Å². The minimum absolute atomic E-state index is 0.00252. The van der Waals surface area contributed by atoms with Crippen molar-refractivity contribution in [2.45, 2.75) is 32.4 Å². The van der Waals surface area contributed by atoms with E-state index in [0.717, 1.165) is 5.69 Å². The third-order valence-electron chi connectivity index (χ3n) is 3.42. The highest BCUT2D eigenvalue weighted by molar-refractivity contribution is 5.86. The topological polar surface area (TPSA) is 52.6 Å². The predicted octanol–water partition coefficient (Wildman–Crippen LogP) is 1.07. The quantitative estimate of drug-likeness (QED) is 0.841. The number of aliphatic hydroxyl groups excluding tert-OH is 1. The van der Waals surface area contributed by atoms with Gasteiger partial charge in [-0.3, -0.25) is 4.79 Å². The van der Waals surface area contributed by atoms with Gasteiger partial charge in [0.15, 0.2) is 0 Å². The van der Waals surface area contributed by atoms with Crippen molar-refractivity contribution in [3.8, 4) is 0 Å². The molecule has 18 heavy (non-hydrogen) atoms. The summed E-state index contributed by atoms with van der Waals surface area (Å²) >= 11 is 0. The third kappa shape index (κ3) is 2.48. The maximum atomic E-state index is 11.9. The normalized spacial score (nSPS) is 23.9. The number of amides is 1. The first kappa shape index (κ1) is 12.9. The lowest BCUT2D eigenvalue weighted by Gasteiger charge is -2.41. The molecular weight excluding hydrogens is 228 g/mol. The molecule has 1 aromatic rings. The Hall–Kier alpha value is -1.55. The second-order valence-electron chi connectivity index (χ2n) is 4.87. The fourth-order valence-corrected chi connectivity index (χ4v) is 2.44. The summed E-state index contributed by atoms with van der Waals surface area (Å²) in [4.78, 5) is 14.0. The van der Waals surface area contributed by atoms with Crippen LogP contribution in [0.5, 0.6) is 0 Å². The van der Waals surface area contributed by atoms with Crippen molar-refractivity contribution in [1.29, 1.82) is 0 Å². The standard InChI is InChI=1S/C14H20N2O2/c1-10-3-5-12(6-4-10)16-11(2)9-15-14(18)13(16)7-8-17/h3-6,11,13,17H,7-9H2,1-2H3,(H,15,18). The molecule has 1 aromatic carbocycles. The molecule has 1 fully saturated rings. The number of rotatable bonds is 3. The number of nitrogens with zero attached hydrogens (tertiary/aromatic N) is 1. The van der Waals surface area contributed by atoms with Crippen LogP contribution in [-0.4, -0.2) is 36.2 Å². The first-order valence-electron chi connectivity index (χ1n) is 6.37. The van der Waals surface area contributed by atoms with E-state index in [1.165, 1.54) is 5.56 Å². The van der Waals surface area contributed by atoms with Crippen LogP contribution in [0.2, 0.25) is 0 Å². The van der Waals surface area contributed by atoms with Gasteiger partial charge >= 0.3 is 0 Å². The first-order valence-corrected chi connectivity index (χ1v) is 6.37. The van der Waals surface area contributed by atoms with Crippen LogP contribution in [0.3, 0.4) is 0 Å². The number of benzene rings is 1. The average Bonchev–Trinajstić information content (AvgIpc) is 2.36. The van der Waals surface area contributed by atoms with Gasteiger partial charge in [0, 0.05) is 24.9 Å². The fourth-order valence-electron chi connectivity index (χ4n) is 2.44. The first-order chi connectivity index (χ1) is 8.63. The monoisotopic (exact) mass is 248 g/mol. The SMILES string of the molecule is Cc1ccc(N2C(C)CNC(=O)C2CCO)cc1. The van der Waals surface area contributed by atoms with E-state index in [1.54, 1.807) is 0 Å². The summed E-state index contributed by atoms with van der Waals surface area (Å²) < 4.78 is 0. The van der Waals surface area contributed by atoms with E-state index in [-0.39, 0.29) is 24.6 Å². The van der Waals surface area contributed by atoms with Gasteiger partial charge < -0.3 is 15.3 Å². The van der Waals surface area contributed by atoms with Crippen molar-refractivity contribution in [3.05, 3.63) is 29.8 Å². The molecule has 0 radical (unpaired) electrons. The van der Waals surface area contributed by atoms with Crippen LogP contribution >= 0.6 is 0 Å². The van der Waals surface area contributed by atoms with Crippen molar-refractivity contribution in [1.82, 2.24) is 5.32 Å². The highest BCUT2D eigenvalue weighted by Gasteiger charge is 2.33. The molecule has 4 nitrogen and oxygen atoms in total.